The Kier molecular flexibility index (Phi) is 2.62. The van der Waals surface area contributed by atoms with Crippen molar-refractivity contribution >= 4 is 11.4 Å². The summed E-state index contributed by atoms with van der Waals surface area (Å²) in [7, 11) is 0. The molecule has 3 aliphatic rings. The van der Waals surface area contributed by atoms with Crippen LogP contribution in [0, 0.1) is 32.6 Å². The van der Waals surface area contributed by atoms with E-state index in [9.17, 15) is 9.90 Å². The zero-order valence-electron chi connectivity index (χ0n) is 12.6. The number of hydrogen-bond acceptors (Lipinski definition) is 3. The van der Waals surface area contributed by atoms with Gasteiger partial charge in [-0.05, 0) is 50.3 Å². The van der Waals surface area contributed by atoms with Gasteiger partial charge in [0.2, 0.25) is 0 Å². The summed E-state index contributed by atoms with van der Waals surface area (Å²) in [4.78, 5) is 12.9. The van der Waals surface area contributed by atoms with E-state index in [4.69, 9.17) is 4.74 Å². The fourth-order valence-corrected chi connectivity index (χ4v) is 4.64. The molecular formula is C18H20O3. The number of carbonyl (C=O) groups is 1. The third kappa shape index (κ3) is 1.61. The monoisotopic (exact) mass is 284 g/mol. The highest BCUT2D eigenvalue weighted by Crippen LogP contribution is 2.54. The van der Waals surface area contributed by atoms with E-state index in [0.29, 0.717) is 5.57 Å². The third-order valence-electron chi connectivity index (χ3n) is 5.32. The molecule has 21 heavy (non-hydrogen) atoms. The summed E-state index contributed by atoms with van der Waals surface area (Å²) >= 11 is 0. The first-order valence-corrected chi connectivity index (χ1v) is 7.70. The number of ketones is 1. The lowest BCUT2D eigenvalue weighted by atomic mass is 9.80. The standard InChI is InChI=1S/C18H20O3/c1-8-6-9(2)13(10(3)7-8)16-17(19)14-11-4-5-12(21-11)15(14)18(16)20/h6-7,11-12,14-15,19H,4-5H2,1-3H3/t11?,12?,14-,15+/m1/s1. The number of carbonyl (C=O) groups excluding carboxylic acids is 1. The number of allylic oxidation sites excluding steroid dienone is 1. The minimum absolute atomic E-state index is 0.0122. The Bertz CT molecular complexity index is 663. The topological polar surface area (TPSA) is 46.5 Å². The molecule has 0 radical (unpaired) electrons. The molecule has 2 aliphatic heterocycles. The van der Waals surface area contributed by atoms with Crippen molar-refractivity contribution < 1.29 is 14.6 Å². The van der Waals surface area contributed by atoms with E-state index in [-0.39, 0.29) is 35.6 Å². The fraction of sp³-hybridized carbons (Fsp3) is 0.500. The van der Waals surface area contributed by atoms with E-state index in [1.54, 1.807) is 0 Å². The van der Waals surface area contributed by atoms with Crippen LogP contribution in [0.4, 0.5) is 0 Å². The highest BCUT2D eigenvalue weighted by atomic mass is 16.5. The zero-order valence-corrected chi connectivity index (χ0v) is 12.6. The SMILES string of the molecule is Cc1cc(C)c(C2=C(O)[C@@H]3C4CCC(O4)[C@@H]3C2=O)c(C)c1. The van der Waals surface area contributed by atoms with Crippen LogP contribution in [-0.2, 0) is 9.53 Å². The predicted molar refractivity (Wildman–Crippen MR) is 80.1 cm³/mol. The molecule has 0 saturated carbocycles. The Morgan fingerprint density at radius 2 is 1.62 bits per heavy atom. The molecule has 4 atom stereocenters. The molecule has 4 rings (SSSR count). The van der Waals surface area contributed by atoms with Crippen molar-refractivity contribution in [1.29, 1.82) is 0 Å². The number of Topliss-reactive ketones (excluding diaryl/α,β-unsaturated/α-hetero) is 1. The van der Waals surface area contributed by atoms with Crippen molar-refractivity contribution in [3.05, 3.63) is 40.1 Å². The van der Waals surface area contributed by atoms with Crippen LogP contribution in [0.2, 0.25) is 0 Å². The number of hydrogen-bond donors (Lipinski definition) is 1. The van der Waals surface area contributed by atoms with E-state index in [0.717, 1.165) is 29.5 Å². The van der Waals surface area contributed by atoms with Gasteiger partial charge >= 0.3 is 0 Å². The van der Waals surface area contributed by atoms with Gasteiger partial charge in [0.25, 0.3) is 0 Å². The van der Waals surface area contributed by atoms with E-state index >= 15 is 0 Å². The molecule has 2 saturated heterocycles. The summed E-state index contributed by atoms with van der Waals surface area (Å²) in [5, 5.41) is 10.7. The lowest BCUT2D eigenvalue weighted by Crippen LogP contribution is -2.29. The summed E-state index contributed by atoms with van der Waals surface area (Å²) < 4.78 is 5.83. The van der Waals surface area contributed by atoms with Gasteiger partial charge in [-0.2, -0.15) is 0 Å². The van der Waals surface area contributed by atoms with Gasteiger partial charge in [0, 0.05) is 0 Å². The summed E-state index contributed by atoms with van der Waals surface area (Å²) in [6.07, 6.45) is 1.96. The smallest absolute Gasteiger partial charge is 0.173 e. The molecule has 0 spiro atoms. The molecule has 1 aromatic carbocycles. The number of aliphatic hydroxyl groups excluding tert-OH is 1. The van der Waals surface area contributed by atoms with Crippen LogP contribution in [0.3, 0.4) is 0 Å². The van der Waals surface area contributed by atoms with Gasteiger partial charge in [-0.25, -0.2) is 0 Å². The van der Waals surface area contributed by atoms with Crippen LogP contribution in [0.1, 0.15) is 35.1 Å². The van der Waals surface area contributed by atoms with Crippen molar-refractivity contribution in [2.75, 3.05) is 0 Å². The lowest BCUT2D eigenvalue weighted by molar-refractivity contribution is -0.118. The minimum Gasteiger partial charge on any atom is -0.511 e. The minimum atomic E-state index is -0.154. The van der Waals surface area contributed by atoms with Crippen molar-refractivity contribution in [1.82, 2.24) is 0 Å². The Labute approximate surface area is 124 Å². The molecule has 2 unspecified atom stereocenters. The van der Waals surface area contributed by atoms with E-state index < -0.39 is 0 Å². The lowest BCUT2D eigenvalue weighted by Gasteiger charge is -2.19. The number of aryl methyl sites for hydroxylation is 3. The number of rotatable bonds is 1. The molecule has 0 aromatic heterocycles. The second-order valence-electron chi connectivity index (χ2n) is 6.74. The quantitative estimate of drug-likeness (QED) is 0.861. The van der Waals surface area contributed by atoms with Crippen LogP contribution in [0.15, 0.2) is 17.9 Å². The van der Waals surface area contributed by atoms with Crippen molar-refractivity contribution in [2.24, 2.45) is 11.8 Å². The van der Waals surface area contributed by atoms with Crippen LogP contribution in [0.25, 0.3) is 5.57 Å². The molecule has 1 N–H and O–H groups in total. The summed E-state index contributed by atoms with van der Waals surface area (Å²) in [5.74, 6) is 0.0946. The largest absolute Gasteiger partial charge is 0.511 e. The second-order valence-corrected chi connectivity index (χ2v) is 6.74. The Hall–Kier alpha value is -1.61. The van der Waals surface area contributed by atoms with Gasteiger partial charge < -0.3 is 9.84 Å². The van der Waals surface area contributed by atoms with Gasteiger partial charge in [0.15, 0.2) is 5.78 Å². The molecule has 110 valence electrons. The average molecular weight is 284 g/mol. The summed E-state index contributed by atoms with van der Waals surface area (Å²) in [5.41, 5.74) is 4.80. The highest BCUT2D eigenvalue weighted by Gasteiger charge is 2.59. The van der Waals surface area contributed by atoms with E-state index in [1.165, 1.54) is 5.56 Å². The second kappa shape index (κ2) is 4.20. The normalized spacial score (nSPS) is 34.0. The van der Waals surface area contributed by atoms with Gasteiger partial charge in [0.05, 0.1) is 29.6 Å². The van der Waals surface area contributed by atoms with E-state index in [2.05, 4.69) is 19.1 Å². The number of aliphatic hydroxyl groups is 1. The third-order valence-corrected chi connectivity index (χ3v) is 5.32. The van der Waals surface area contributed by atoms with Gasteiger partial charge in [-0.15, -0.1) is 0 Å². The molecule has 2 heterocycles. The Morgan fingerprint density at radius 1 is 1.05 bits per heavy atom. The van der Waals surface area contributed by atoms with Crippen LogP contribution < -0.4 is 0 Å². The maximum atomic E-state index is 12.9. The van der Waals surface area contributed by atoms with Crippen LogP contribution >= 0.6 is 0 Å². The molecule has 0 amide bonds. The zero-order chi connectivity index (χ0) is 14.9. The molecule has 1 aliphatic carbocycles. The summed E-state index contributed by atoms with van der Waals surface area (Å²) in [6, 6.07) is 4.16. The molecular weight excluding hydrogens is 264 g/mol. The maximum absolute atomic E-state index is 12.9. The van der Waals surface area contributed by atoms with Gasteiger partial charge in [0.1, 0.15) is 5.76 Å². The molecule has 3 nitrogen and oxygen atoms in total. The fourth-order valence-electron chi connectivity index (χ4n) is 4.64. The Morgan fingerprint density at radius 3 is 2.19 bits per heavy atom. The molecule has 3 heteroatoms. The molecule has 2 bridgehead atoms. The van der Waals surface area contributed by atoms with E-state index in [1.807, 2.05) is 13.8 Å². The predicted octanol–water partition coefficient (Wildman–Crippen LogP) is 3.26. The van der Waals surface area contributed by atoms with Crippen molar-refractivity contribution in [2.45, 2.75) is 45.8 Å². The Balaban J connectivity index is 1.88. The van der Waals surface area contributed by atoms with Gasteiger partial charge in [-0.3, -0.25) is 4.79 Å². The van der Waals surface area contributed by atoms with Crippen LogP contribution in [0.5, 0.6) is 0 Å². The van der Waals surface area contributed by atoms with Crippen LogP contribution in [-0.4, -0.2) is 23.1 Å². The van der Waals surface area contributed by atoms with Gasteiger partial charge in [-0.1, -0.05) is 17.7 Å². The number of benzene rings is 1. The number of ether oxygens (including phenoxy) is 1. The highest BCUT2D eigenvalue weighted by molar-refractivity contribution is 6.25. The molecule has 2 fully saturated rings. The molecule has 1 aromatic rings. The van der Waals surface area contributed by atoms with Crippen molar-refractivity contribution in [3.8, 4) is 0 Å². The first kappa shape index (κ1) is 13.1. The first-order valence-electron chi connectivity index (χ1n) is 7.70. The maximum Gasteiger partial charge on any atom is 0.173 e. The number of fused-ring (bicyclic) bond motifs is 5. The first-order chi connectivity index (χ1) is 9.99. The average Bonchev–Trinajstić information content (AvgIpc) is 3.06. The van der Waals surface area contributed by atoms with Crippen molar-refractivity contribution in [3.63, 3.8) is 0 Å². The summed E-state index contributed by atoms with van der Waals surface area (Å²) in [6.45, 7) is 6.08.